The Morgan fingerprint density at radius 2 is 2.16 bits per heavy atom. The summed E-state index contributed by atoms with van der Waals surface area (Å²) in [5, 5.41) is 0. The zero-order chi connectivity index (χ0) is 14.2. The highest BCUT2D eigenvalue weighted by Crippen LogP contribution is 2.19. The average Bonchev–Trinajstić information content (AvgIpc) is 2.66. The van der Waals surface area contributed by atoms with E-state index < -0.39 is 9.84 Å². The third kappa shape index (κ3) is 3.04. The summed E-state index contributed by atoms with van der Waals surface area (Å²) in [6.07, 6.45) is 0.490. The third-order valence-electron chi connectivity index (χ3n) is 3.30. The Balaban J connectivity index is 2.20. The number of sulfone groups is 1. The lowest BCUT2D eigenvalue weighted by Gasteiger charge is -2.23. The SMILES string of the molecule is Cc1cc(C(=O)N(C)C2CCS(=O)(=O)C2)cc(N)n1. The van der Waals surface area contributed by atoms with Crippen molar-refractivity contribution in [1.82, 2.24) is 9.88 Å². The van der Waals surface area contributed by atoms with E-state index in [1.54, 1.807) is 20.0 Å². The molecule has 6 nitrogen and oxygen atoms in total. The van der Waals surface area contributed by atoms with Gasteiger partial charge in [-0.2, -0.15) is 0 Å². The monoisotopic (exact) mass is 283 g/mol. The number of hydrogen-bond acceptors (Lipinski definition) is 5. The summed E-state index contributed by atoms with van der Waals surface area (Å²) in [6, 6.07) is 2.90. The Hall–Kier alpha value is -1.63. The number of nitrogen functional groups attached to an aromatic ring is 1. The summed E-state index contributed by atoms with van der Waals surface area (Å²) in [4.78, 5) is 17.8. The van der Waals surface area contributed by atoms with E-state index in [2.05, 4.69) is 4.98 Å². The molecule has 0 aromatic carbocycles. The van der Waals surface area contributed by atoms with Crippen LogP contribution in [0.15, 0.2) is 12.1 Å². The first kappa shape index (κ1) is 13.8. The molecule has 2 heterocycles. The minimum atomic E-state index is -3.00. The van der Waals surface area contributed by atoms with Gasteiger partial charge in [0.2, 0.25) is 0 Å². The Labute approximate surface area is 112 Å². The van der Waals surface area contributed by atoms with Gasteiger partial charge < -0.3 is 10.6 Å². The number of pyridine rings is 1. The van der Waals surface area contributed by atoms with Crippen molar-refractivity contribution < 1.29 is 13.2 Å². The summed E-state index contributed by atoms with van der Waals surface area (Å²) < 4.78 is 22.9. The molecule has 1 aliphatic heterocycles. The van der Waals surface area contributed by atoms with Gasteiger partial charge >= 0.3 is 0 Å². The molecule has 1 atom stereocenters. The molecule has 1 aliphatic rings. The van der Waals surface area contributed by atoms with Crippen LogP contribution >= 0.6 is 0 Å². The first-order valence-electron chi connectivity index (χ1n) is 6.00. The van der Waals surface area contributed by atoms with Gasteiger partial charge in [0.1, 0.15) is 5.82 Å². The molecule has 0 radical (unpaired) electrons. The van der Waals surface area contributed by atoms with Gasteiger partial charge in [0.15, 0.2) is 9.84 Å². The molecule has 2 N–H and O–H groups in total. The molecule has 0 aliphatic carbocycles. The number of anilines is 1. The molecule has 19 heavy (non-hydrogen) atoms. The van der Waals surface area contributed by atoms with E-state index in [1.165, 1.54) is 11.0 Å². The van der Waals surface area contributed by atoms with Crippen molar-refractivity contribution >= 4 is 21.6 Å². The first-order chi connectivity index (χ1) is 8.78. The summed E-state index contributed by atoms with van der Waals surface area (Å²) in [7, 11) is -1.38. The lowest BCUT2D eigenvalue weighted by molar-refractivity contribution is 0.0747. The van der Waals surface area contributed by atoms with Gasteiger partial charge in [0.25, 0.3) is 5.91 Å². The van der Waals surface area contributed by atoms with Gasteiger partial charge in [-0.1, -0.05) is 0 Å². The van der Waals surface area contributed by atoms with Crippen molar-refractivity contribution in [1.29, 1.82) is 0 Å². The topological polar surface area (TPSA) is 93.4 Å². The molecular formula is C12H17N3O3S. The minimum absolute atomic E-state index is 0.0365. The highest BCUT2D eigenvalue weighted by molar-refractivity contribution is 7.91. The summed E-state index contributed by atoms with van der Waals surface area (Å²) in [5.74, 6) is 0.247. The van der Waals surface area contributed by atoms with Crippen molar-refractivity contribution in [3.63, 3.8) is 0 Å². The van der Waals surface area contributed by atoms with Crippen LogP contribution < -0.4 is 5.73 Å². The molecule has 2 rings (SSSR count). The van der Waals surface area contributed by atoms with Crippen LogP contribution in [-0.2, 0) is 9.84 Å². The quantitative estimate of drug-likeness (QED) is 0.838. The molecule has 1 amide bonds. The van der Waals surface area contributed by atoms with Gasteiger partial charge in [-0.15, -0.1) is 0 Å². The van der Waals surface area contributed by atoms with E-state index in [9.17, 15) is 13.2 Å². The van der Waals surface area contributed by atoms with E-state index in [0.29, 0.717) is 17.7 Å². The molecule has 104 valence electrons. The summed E-state index contributed by atoms with van der Waals surface area (Å²) in [5.41, 5.74) is 6.72. The average molecular weight is 283 g/mol. The maximum absolute atomic E-state index is 12.3. The van der Waals surface area contributed by atoms with Crippen LogP contribution in [0.5, 0.6) is 0 Å². The van der Waals surface area contributed by atoms with Crippen LogP contribution in [0.4, 0.5) is 5.82 Å². The van der Waals surface area contributed by atoms with Crippen molar-refractivity contribution in [2.75, 3.05) is 24.3 Å². The zero-order valence-electron chi connectivity index (χ0n) is 11.0. The number of rotatable bonds is 2. The van der Waals surface area contributed by atoms with Gasteiger partial charge in [-0.3, -0.25) is 4.79 Å². The predicted molar refractivity (Wildman–Crippen MR) is 72.5 cm³/mol. The molecule has 1 saturated heterocycles. The van der Waals surface area contributed by atoms with Crippen LogP contribution in [-0.4, -0.2) is 48.8 Å². The normalized spacial score (nSPS) is 21.3. The highest BCUT2D eigenvalue weighted by Gasteiger charge is 2.33. The first-order valence-corrected chi connectivity index (χ1v) is 7.82. The maximum Gasteiger partial charge on any atom is 0.254 e. The molecule has 7 heteroatoms. The Bertz CT molecular complexity index is 592. The van der Waals surface area contributed by atoms with E-state index >= 15 is 0 Å². The number of carbonyl (C=O) groups excluding carboxylic acids is 1. The van der Waals surface area contributed by atoms with E-state index in [-0.39, 0.29) is 29.3 Å². The molecule has 1 unspecified atom stereocenters. The smallest absolute Gasteiger partial charge is 0.254 e. The highest BCUT2D eigenvalue weighted by atomic mass is 32.2. The second-order valence-electron chi connectivity index (χ2n) is 4.89. The summed E-state index contributed by atoms with van der Waals surface area (Å²) in [6.45, 7) is 1.76. The Morgan fingerprint density at radius 1 is 1.47 bits per heavy atom. The van der Waals surface area contributed by atoms with E-state index in [0.717, 1.165) is 0 Å². The van der Waals surface area contributed by atoms with Crippen molar-refractivity contribution in [3.05, 3.63) is 23.4 Å². The van der Waals surface area contributed by atoms with Crippen LogP contribution in [0.2, 0.25) is 0 Å². The van der Waals surface area contributed by atoms with Gasteiger partial charge in [0.05, 0.1) is 11.5 Å². The van der Waals surface area contributed by atoms with Crippen LogP contribution in [0.25, 0.3) is 0 Å². The second kappa shape index (κ2) is 4.80. The maximum atomic E-state index is 12.3. The number of hydrogen-bond donors (Lipinski definition) is 1. The molecule has 1 aromatic heterocycles. The molecule has 0 spiro atoms. The number of amides is 1. The minimum Gasteiger partial charge on any atom is -0.384 e. The number of carbonyl (C=O) groups is 1. The fourth-order valence-electron chi connectivity index (χ4n) is 2.27. The van der Waals surface area contributed by atoms with E-state index in [1.807, 2.05) is 0 Å². The predicted octanol–water partition coefficient (Wildman–Crippen LogP) is 0.231. The Kier molecular flexibility index (Phi) is 3.49. The molecule has 1 aromatic rings. The largest absolute Gasteiger partial charge is 0.384 e. The number of nitrogens with two attached hydrogens (primary N) is 1. The molecule has 1 fully saturated rings. The number of aromatic nitrogens is 1. The Morgan fingerprint density at radius 3 is 2.68 bits per heavy atom. The second-order valence-corrected chi connectivity index (χ2v) is 7.12. The van der Waals surface area contributed by atoms with Crippen molar-refractivity contribution in [2.45, 2.75) is 19.4 Å². The number of aryl methyl sites for hydroxylation is 1. The fraction of sp³-hybridized carbons (Fsp3) is 0.500. The van der Waals surface area contributed by atoms with Crippen LogP contribution in [0.1, 0.15) is 22.5 Å². The fourth-order valence-corrected chi connectivity index (χ4v) is 4.04. The molecule has 0 saturated carbocycles. The molecule has 0 bridgehead atoms. The lowest BCUT2D eigenvalue weighted by atomic mass is 10.1. The van der Waals surface area contributed by atoms with Crippen molar-refractivity contribution in [3.8, 4) is 0 Å². The standard InChI is InChI=1S/C12H17N3O3S/c1-8-5-9(6-11(13)14-8)12(16)15(2)10-3-4-19(17,18)7-10/h5-6,10H,3-4,7H2,1-2H3,(H2,13,14). The van der Waals surface area contributed by atoms with Crippen molar-refractivity contribution in [2.24, 2.45) is 0 Å². The summed E-state index contributed by atoms with van der Waals surface area (Å²) >= 11 is 0. The van der Waals surface area contributed by atoms with Gasteiger partial charge in [-0.05, 0) is 25.5 Å². The molecular weight excluding hydrogens is 266 g/mol. The van der Waals surface area contributed by atoms with Gasteiger partial charge in [-0.25, -0.2) is 13.4 Å². The van der Waals surface area contributed by atoms with Gasteiger partial charge in [0, 0.05) is 24.3 Å². The van der Waals surface area contributed by atoms with Crippen LogP contribution in [0.3, 0.4) is 0 Å². The van der Waals surface area contributed by atoms with E-state index in [4.69, 9.17) is 5.73 Å². The third-order valence-corrected chi connectivity index (χ3v) is 5.05. The zero-order valence-corrected chi connectivity index (χ0v) is 11.8. The van der Waals surface area contributed by atoms with Crippen LogP contribution in [0, 0.1) is 6.92 Å². The number of nitrogens with zero attached hydrogens (tertiary/aromatic N) is 2. The lowest BCUT2D eigenvalue weighted by Crippen LogP contribution is -2.37.